The summed E-state index contributed by atoms with van der Waals surface area (Å²) in [5.74, 6) is 3.89. The van der Waals surface area contributed by atoms with Crippen LogP contribution in [-0.2, 0) is 9.53 Å². The van der Waals surface area contributed by atoms with Crippen molar-refractivity contribution in [2.24, 2.45) is 0 Å². The van der Waals surface area contributed by atoms with Crippen LogP contribution in [0.4, 0.5) is 0 Å². The Labute approximate surface area is 60.6 Å². The third-order valence-electron chi connectivity index (χ3n) is 0.899. The molecule has 0 aliphatic rings. The number of carbonyl (C=O) groups is 1. The zero-order valence-electron chi connectivity index (χ0n) is 5.97. The molecule has 0 fully saturated rings. The van der Waals surface area contributed by atoms with Crippen LogP contribution in [0, 0.1) is 24.7 Å². The molecular formula is C8H8O2. The highest BCUT2D eigenvalue weighted by Gasteiger charge is 2.20. The fraction of sp³-hybridized carbons (Fsp3) is 0.375. The molecule has 2 nitrogen and oxygen atoms in total. The molecule has 0 bridgehead atoms. The first kappa shape index (κ1) is 8.59. The monoisotopic (exact) mass is 136 g/mol. The van der Waals surface area contributed by atoms with Gasteiger partial charge in [-0.3, -0.25) is 4.79 Å². The van der Waals surface area contributed by atoms with Crippen LogP contribution in [0.15, 0.2) is 0 Å². The molecule has 0 saturated carbocycles. The van der Waals surface area contributed by atoms with E-state index in [1.54, 1.807) is 0 Å². The zero-order chi connectivity index (χ0) is 8.20. The highest BCUT2D eigenvalue weighted by Crippen LogP contribution is 2.06. The van der Waals surface area contributed by atoms with Crippen LogP contribution in [0.3, 0.4) is 0 Å². The van der Waals surface area contributed by atoms with E-state index < -0.39 is 11.6 Å². The Bertz CT molecular complexity index is 200. The maximum absolute atomic E-state index is 10.4. The number of rotatable bonds is 1. The summed E-state index contributed by atoms with van der Waals surface area (Å²) in [5, 5.41) is 0. The molecule has 52 valence electrons. The van der Waals surface area contributed by atoms with Gasteiger partial charge in [0.1, 0.15) is 0 Å². The van der Waals surface area contributed by atoms with Gasteiger partial charge in [0.25, 0.3) is 0 Å². The molecule has 0 atom stereocenters. The number of carbonyl (C=O) groups excluding carboxylic acids is 1. The molecular weight excluding hydrogens is 128 g/mol. The van der Waals surface area contributed by atoms with Crippen molar-refractivity contribution in [1.82, 2.24) is 0 Å². The Morgan fingerprint density at radius 2 is 1.90 bits per heavy atom. The second kappa shape index (κ2) is 2.94. The lowest BCUT2D eigenvalue weighted by molar-refractivity contribution is -0.146. The molecule has 0 aliphatic carbocycles. The van der Waals surface area contributed by atoms with Gasteiger partial charge in [0.15, 0.2) is 0 Å². The molecule has 2 heteroatoms. The molecule has 0 unspecified atom stereocenters. The third-order valence-corrected chi connectivity index (χ3v) is 0.899. The maximum atomic E-state index is 10.4. The van der Waals surface area contributed by atoms with Gasteiger partial charge in [-0.25, -0.2) is 0 Å². The average Bonchev–Trinajstić information content (AvgIpc) is 1.87. The van der Waals surface area contributed by atoms with E-state index in [1.165, 1.54) is 13.8 Å². The van der Waals surface area contributed by atoms with Gasteiger partial charge in [-0.2, -0.15) is 0 Å². The molecule has 0 radical (unpaired) electrons. The van der Waals surface area contributed by atoms with E-state index in [1.807, 2.05) is 0 Å². The maximum Gasteiger partial charge on any atom is 0.304 e. The first-order valence-electron chi connectivity index (χ1n) is 2.69. The number of ether oxygens (including phenoxy) is 1. The predicted molar refractivity (Wildman–Crippen MR) is 37.8 cm³/mol. The normalized spacial score (nSPS) is 9.20. The average molecular weight is 136 g/mol. The summed E-state index contributed by atoms with van der Waals surface area (Å²) in [6.07, 6.45) is 9.99. The molecule has 0 heterocycles. The quantitative estimate of drug-likeness (QED) is 0.389. The van der Waals surface area contributed by atoms with E-state index in [4.69, 9.17) is 12.8 Å². The van der Waals surface area contributed by atoms with Crippen LogP contribution in [-0.4, -0.2) is 11.6 Å². The van der Waals surface area contributed by atoms with E-state index in [0.717, 1.165) is 0 Å². The van der Waals surface area contributed by atoms with Crippen molar-refractivity contribution in [3.63, 3.8) is 0 Å². The Morgan fingerprint density at radius 3 is 2.00 bits per heavy atom. The summed E-state index contributed by atoms with van der Waals surface area (Å²) >= 11 is 0. The molecule has 0 aromatic heterocycles. The topological polar surface area (TPSA) is 26.3 Å². The Balaban J connectivity index is 4.29. The van der Waals surface area contributed by atoms with Crippen molar-refractivity contribution in [3.05, 3.63) is 0 Å². The number of hydrogen-bond donors (Lipinski definition) is 0. The standard InChI is InChI=1S/C8H8O2/c1-5-8(4,6-2)10-7(3)9/h1-2H,3-4H3. The van der Waals surface area contributed by atoms with Gasteiger partial charge < -0.3 is 4.74 Å². The van der Waals surface area contributed by atoms with E-state index in [-0.39, 0.29) is 0 Å². The summed E-state index contributed by atoms with van der Waals surface area (Å²) in [5.41, 5.74) is -1.19. The number of hydrogen-bond acceptors (Lipinski definition) is 2. The fourth-order valence-electron chi connectivity index (χ4n) is 0.388. The lowest BCUT2D eigenvalue weighted by Gasteiger charge is -2.15. The minimum Gasteiger partial charge on any atom is -0.435 e. The lowest BCUT2D eigenvalue weighted by atomic mass is 10.1. The van der Waals surface area contributed by atoms with Gasteiger partial charge >= 0.3 is 5.97 Å². The van der Waals surface area contributed by atoms with Crippen LogP contribution in [0.1, 0.15) is 13.8 Å². The minimum atomic E-state index is -1.19. The summed E-state index contributed by atoms with van der Waals surface area (Å²) in [4.78, 5) is 10.4. The Morgan fingerprint density at radius 1 is 1.50 bits per heavy atom. The predicted octanol–water partition coefficient (Wildman–Crippen LogP) is 0.575. The fourth-order valence-corrected chi connectivity index (χ4v) is 0.388. The van der Waals surface area contributed by atoms with Gasteiger partial charge in [-0.15, -0.1) is 12.8 Å². The van der Waals surface area contributed by atoms with Crippen molar-refractivity contribution in [1.29, 1.82) is 0 Å². The van der Waals surface area contributed by atoms with Crippen molar-refractivity contribution in [3.8, 4) is 24.7 Å². The minimum absolute atomic E-state index is 0.474. The van der Waals surface area contributed by atoms with E-state index in [0.29, 0.717) is 0 Å². The summed E-state index contributed by atoms with van der Waals surface area (Å²) in [7, 11) is 0. The smallest absolute Gasteiger partial charge is 0.304 e. The molecule has 0 aromatic carbocycles. The zero-order valence-corrected chi connectivity index (χ0v) is 5.97. The van der Waals surface area contributed by atoms with Gasteiger partial charge in [0.05, 0.1) is 0 Å². The van der Waals surface area contributed by atoms with Crippen LogP contribution in [0.25, 0.3) is 0 Å². The van der Waals surface area contributed by atoms with E-state index >= 15 is 0 Å². The molecule has 0 saturated heterocycles. The summed E-state index contributed by atoms with van der Waals surface area (Å²) < 4.78 is 4.62. The van der Waals surface area contributed by atoms with Gasteiger partial charge in [0, 0.05) is 6.92 Å². The molecule has 0 rings (SSSR count). The first-order valence-corrected chi connectivity index (χ1v) is 2.69. The third kappa shape index (κ3) is 2.24. The molecule has 10 heavy (non-hydrogen) atoms. The van der Waals surface area contributed by atoms with Crippen molar-refractivity contribution in [2.45, 2.75) is 19.4 Å². The second-order valence-electron chi connectivity index (χ2n) is 1.92. The molecule has 0 amide bonds. The highest BCUT2D eigenvalue weighted by atomic mass is 16.6. The van der Waals surface area contributed by atoms with Crippen molar-refractivity contribution >= 4 is 5.97 Å². The van der Waals surface area contributed by atoms with Crippen molar-refractivity contribution in [2.75, 3.05) is 0 Å². The van der Waals surface area contributed by atoms with Gasteiger partial charge in [0.2, 0.25) is 5.60 Å². The van der Waals surface area contributed by atoms with Gasteiger partial charge in [-0.05, 0) is 18.8 Å². The van der Waals surface area contributed by atoms with Crippen LogP contribution in [0.5, 0.6) is 0 Å². The SMILES string of the molecule is C#CC(C)(C#C)OC(C)=O. The van der Waals surface area contributed by atoms with E-state index in [9.17, 15) is 4.79 Å². The molecule has 0 aliphatic heterocycles. The Hall–Kier alpha value is -1.41. The molecule has 0 N–H and O–H groups in total. The largest absolute Gasteiger partial charge is 0.435 e. The summed E-state index contributed by atoms with van der Waals surface area (Å²) in [6.45, 7) is 2.74. The summed E-state index contributed by atoms with van der Waals surface area (Å²) in [6, 6.07) is 0. The van der Waals surface area contributed by atoms with Gasteiger partial charge in [-0.1, -0.05) is 0 Å². The highest BCUT2D eigenvalue weighted by molar-refractivity contribution is 5.67. The van der Waals surface area contributed by atoms with Crippen LogP contribution >= 0.6 is 0 Å². The first-order chi connectivity index (χ1) is 4.54. The second-order valence-corrected chi connectivity index (χ2v) is 1.92. The number of esters is 1. The van der Waals surface area contributed by atoms with Crippen molar-refractivity contribution < 1.29 is 9.53 Å². The van der Waals surface area contributed by atoms with Crippen LogP contribution in [0.2, 0.25) is 0 Å². The molecule has 0 aromatic rings. The molecule has 0 spiro atoms. The number of terminal acetylenes is 2. The van der Waals surface area contributed by atoms with E-state index in [2.05, 4.69) is 16.6 Å². The van der Waals surface area contributed by atoms with Crippen LogP contribution < -0.4 is 0 Å². The lowest BCUT2D eigenvalue weighted by Crippen LogP contribution is -2.26. The Kier molecular flexibility index (Phi) is 2.52.